The Morgan fingerprint density at radius 3 is 2.69 bits per heavy atom. The van der Waals surface area contributed by atoms with Crippen LogP contribution in [0.25, 0.3) is 0 Å². The molecule has 2 heterocycles. The third-order valence-electron chi connectivity index (χ3n) is 4.33. The minimum Gasteiger partial charge on any atom is -0.270 e. The Hall–Kier alpha value is -1.42. The van der Waals surface area contributed by atoms with Crippen LogP contribution in [0.2, 0.25) is 0 Å². The van der Waals surface area contributed by atoms with E-state index in [-0.39, 0.29) is 10.6 Å². The van der Waals surface area contributed by atoms with Crippen molar-refractivity contribution in [2.45, 2.75) is 31.1 Å². The predicted octanol–water partition coefficient (Wildman–Crippen LogP) is 2.51. The lowest BCUT2D eigenvalue weighted by Gasteiger charge is -2.28. The summed E-state index contributed by atoms with van der Waals surface area (Å²) in [6, 6.07) is 8.60. The molecule has 1 saturated heterocycles. The Kier molecular flexibility index (Phi) is 5.71. The van der Waals surface area contributed by atoms with Gasteiger partial charge in [-0.1, -0.05) is 6.07 Å². The van der Waals surface area contributed by atoms with Gasteiger partial charge in [0.05, 0.1) is 16.3 Å². The van der Waals surface area contributed by atoms with Crippen LogP contribution in [0.3, 0.4) is 0 Å². The first kappa shape index (κ1) is 19.3. The van der Waals surface area contributed by atoms with Crippen LogP contribution < -0.4 is 9.03 Å². The third kappa shape index (κ3) is 4.28. The lowest BCUT2D eigenvalue weighted by molar-refractivity contribution is 0.574. The van der Waals surface area contributed by atoms with E-state index in [1.807, 2.05) is 17.5 Å². The first-order chi connectivity index (χ1) is 12.3. The molecule has 0 radical (unpaired) electrons. The molecule has 0 bridgehead atoms. The van der Waals surface area contributed by atoms with Crippen LogP contribution in [0, 0.1) is 6.92 Å². The Morgan fingerprint density at radius 2 is 2.04 bits per heavy atom. The standard InChI is InChI=1S/C17H22N2O4S3/c1-14-13-15(19-10-2-3-12-25(19,20)21)6-7-17(14)26(22,23)18-9-8-16-5-4-11-24-16/h4-7,11,13,18H,2-3,8-10,12H2,1H3. The van der Waals surface area contributed by atoms with Gasteiger partial charge in [0.2, 0.25) is 20.0 Å². The number of benzene rings is 1. The number of nitrogens with zero attached hydrogens (tertiary/aromatic N) is 1. The highest BCUT2D eigenvalue weighted by atomic mass is 32.2. The summed E-state index contributed by atoms with van der Waals surface area (Å²) in [5.41, 5.74) is 1.06. The maximum Gasteiger partial charge on any atom is 0.240 e. The van der Waals surface area contributed by atoms with Gasteiger partial charge in [-0.15, -0.1) is 11.3 Å². The van der Waals surface area contributed by atoms with Crippen molar-refractivity contribution in [3.8, 4) is 0 Å². The number of aryl methyl sites for hydroxylation is 1. The number of hydrogen-bond donors (Lipinski definition) is 1. The van der Waals surface area contributed by atoms with E-state index >= 15 is 0 Å². The lowest BCUT2D eigenvalue weighted by atomic mass is 10.2. The number of hydrogen-bond acceptors (Lipinski definition) is 5. The zero-order valence-corrected chi connectivity index (χ0v) is 17.0. The number of thiophene rings is 1. The molecule has 1 fully saturated rings. The van der Waals surface area contributed by atoms with Gasteiger partial charge in [-0.2, -0.15) is 0 Å². The molecular formula is C17H22N2O4S3. The molecule has 1 aliphatic rings. The van der Waals surface area contributed by atoms with E-state index in [1.165, 1.54) is 10.4 Å². The van der Waals surface area contributed by atoms with Crippen LogP contribution >= 0.6 is 11.3 Å². The van der Waals surface area contributed by atoms with Gasteiger partial charge in [0, 0.05) is 18.0 Å². The van der Waals surface area contributed by atoms with Gasteiger partial charge in [-0.3, -0.25) is 4.31 Å². The number of nitrogens with one attached hydrogen (secondary N) is 1. The fraction of sp³-hybridized carbons (Fsp3) is 0.412. The molecule has 2 aromatic rings. The van der Waals surface area contributed by atoms with Crippen molar-refractivity contribution in [3.05, 3.63) is 46.2 Å². The van der Waals surface area contributed by atoms with Gasteiger partial charge in [0.15, 0.2) is 0 Å². The van der Waals surface area contributed by atoms with Crippen molar-refractivity contribution < 1.29 is 16.8 Å². The van der Waals surface area contributed by atoms with E-state index in [1.54, 1.807) is 30.4 Å². The minimum absolute atomic E-state index is 0.135. The van der Waals surface area contributed by atoms with E-state index in [0.717, 1.165) is 11.3 Å². The maximum atomic E-state index is 12.6. The van der Waals surface area contributed by atoms with Crippen molar-refractivity contribution in [1.82, 2.24) is 4.72 Å². The quantitative estimate of drug-likeness (QED) is 0.787. The molecule has 0 spiro atoms. The van der Waals surface area contributed by atoms with Gasteiger partial charge in [-0.25, -0.2) is 21.6 Å². The van der Waals surface area contributed by atoms with E-state index in [9.17, 15) is 16.8 Å². The minimum atomic E-state index is -3.63. The highest BCUT2D eigenvalue weighted by Crippen LogP contribution is 2.27. The van der Waals surface area contributed by atoms with Crippen molar-refractivity contribution in [2.75, 3.05) is 23.1 Å². The molecule has 1 aliphatic heterocycles. The zero-order valence-electron chi connectivity index (χ0n) is 14.5. The summed E-state index contributed by atoms with van der Waals surface area (Å²) in [5, 5.41) is 1.96. The second-order valence-electron chi connectivity index (χ2n) is 6.27. The molecule has 1 aromatic carbocycles. The van der Waals surface area contributed by atoms with Gasteiger partial charge >= 0.3 is 0 Å². The predicted molar refractivity (Wildman–Crippen MR) is 105 cm³/mol. The Labute approximate surface area is 159 Å². The molecule has 9 heteroatoms. The second kappa shape index (κ2) is 7.67. The molecule has 0 saturated carbocycles. The molecule has 0 atom stereocenters. The Bertz CT molecular complexity index is 967. The Morgan fingerprint density at radius 1 is 1.23 bits per heavy atom. The zero-order chi connectivity index (χ0) is 18.8. The number of rotatable bonds is 6. The average molecular weight is 415 g/mol. The van der Waals surface area contributed by atoms with E-state index < -0.39 is 20.0 Å². The lowest BCUT2D eigenvalue weighted by Crippen LogP contribution is -2.38. The summed E-state index contributed by atoms with van der Waals surface area (Å²) < 4.78 is 53.6. The summed E-state index contributed by atoms with van der Waals surface area (Å²) in [5.74, 6) is 0.135. The topological polar surface area (TPSA) is 83.6 Å². The fourth-order valence-electron chi connectivity index (χ4n) is 3.01. The van der Waals surface area contributed by atoms with Crippen LogP contribution in [0.15, 0.2) is 40.6 Å². The monoisotopic (exact) mass is 414 g/mol. The van der Waals surface area contributed by atoms with Gasteiger partial charge in [0.25, 0.3) is 0 Å². The van der Waals surface area contributed by atoms with Crippen LogP contribution in [0.5, 0.6) is 0 Å². The Balaban J connectivity index is 1.76. The summed E-state index contributed by atoms with van der Waals surface area (Å²) in [6.07, 6.45) is 2.11. The largest absolute Gasteiger partial charge is 0.270 e. The highest BCUT2D eigenvalue weighted by Gasteiger charge is 2.27. The molecule has 1 N–H and O–H groups in total. The summed E-state index contributed by atoms with van der Waals surface area (Å²) in [6.45, 7) is 2.45. The van der Waals surface area contributed by atoms with Gasteiger partial charge < -0.3 is 0 Å². The summed E-state index contributed by atoms with van der Waals surface area (Å²) in [7, 11) is -6.95. The highest BCUT2D eigenvalue weighted by molar-refractivity contribution is 7.92. The van der Waals surface area contributed by atoms with E-state index in [0.29, 0.717) is 37.2 Å². The molecule has 0 aliphatic carbocycles. The molecule has 6 nitrogen and oxygen atoms in total. The van der Waals surface area contributed by atoms with Crippen LogP contribution in [0.1, 0.15) is 23.3 Å². The van der Waals surface area contributed by atoms with Crippen LogP contribution in [0.4, 0.5) is 5.69 Å². The van der Waals surface area contributed by atoms with Crippen molar-refractivity contribution in [3.63, 3.8) is 0 Å². The van der Waals surface area contributed by atoms with Crippen LogP contribution in [-0.4, -0.2) is 35.7 Å². The first-order valence-corrected chi connectivity index (χ1v) is 12.4. The van der Waals surface area contributed by atoms with Crippen molar-refractivity contribution >= 4 is 37.1 Å². The molecule has 0 unspecified atom stereocenters. The van der Waals surface area contributed by atoms with Crippen molar-refractivity contribution in [2.24, 2.45) is 0 Å². The normalized spacial score (nSPS) is 17.3. The smallest absolute Gasteiger partial charge is 0.240 e. The summed E-state index contributed by atoms with van der Waals surface area (Å²) in [4.78, 5) is 1.30. The number of anilines is 1. The third-order valence-corrected chi connectivity index (χ3v) is 8.76. The molecule has 26 heavy (non-hydrogen) atoms. The van der Waals surface area contributed by atoms with Crippen molar-refractivity contribution in [1.29, 1.82) is 0 Å². The summed E-state index contributed by atoms with van der Waals surface area (Å²) >= 11 is 1.59. The molecular weight excluding hydrogens is 392 g/mol. The van der Waals surface area contributed by atoms with Gasteiger partial charge in [-0.05, 0) is 61.4 Å². The maximum absolute atomic E-state index is 12.6. The van der Waals surface area contributed by atoms with Gasteiger partial charge in [0.1, 0.15) is 0 Å². The number of sulfonamides is 2. The van der Waals surface area contributed by atoms with E-state index in [2.05, 4.69) is 4.72 Å². The molecule has 3 rings (SSSR count). The molecule has 142 valence electrons. The fourth-order valence-corrected chi connectivity index (χ4v) is 6.61. The second-order valence-corrected chi connectivity index (χ2v) is 11.1. The molecule has 1 aromatic heterocycles. The molecule has 0 amide bonds. The van der Waals surface area contributed by atoms with E-state index in [4.69, 9.17) is 0 Å². The SMILES string of the molecule is Cc1cc(N2CCCCS2(=O)=O)ccc1S(=O)(=O)NCCc1cccs1. The first-order valence-electron chi connectivity index (χ1n) is 8.43. The average Bonchev–Trinajstić information content (AvgIpc) is 3.07. The van der Waals surface area contributed by atoms with Crippen LogP contribution in [-0.2, 0) is 26.5 Å².